The first-order valence-corrected chi connectivity index (χ1v) is 9.52. The SMILES string of the molecule is CC1CCC[C@H]1NC(=O)Nc1ccc(Cl)c(S(=O)(=O)C(C)(F)F)c1O. The van der Waals surface area contributed by atoms with Crippen LogP contribution in [0.4, 0.5) is 19.3 Å². The van der Waals surface area contributed by atoms with Crippen LogP contribution in [0.5, 0.6) is 5.75 Å². The lowest BCUT2D eigenvalue weighted by atomic mass is 10.1. The van der Waals surface area contributed by atoms with Crippen molar-refractivity contribution in [2.75, 3.05) is 5.32 Å². The van der Waals surface area contributed by atoms with E-state index in [4.69, 9.17) is 11.6 Å². The number of hydrogen-bond acceptors (Lipinski definition) is 4. The highest BCUT2D eigenvalue weighted by Crippen LogP contribution is 2.42. The van der Waals surface area contributed by atoms with Gasteiger partial charge in [0.1, 0.15) is 4.90 Å². The third kappa shape index (κ3) is 3.98. The van der Waals surface area contributed by atoms with E-state index < -0.39 is 36.8 Å². The average Bonchev–Trinajstić information content (AvgIpc) is 2.86. The number of nitrogens with one attached hydrogen (secondary N) is 2. The molecule has 0 radical (unpaired) electrons. The van der Waals surface area contributed by atoms with Crippen molar-refractivity contribution in [2.45, 2.75) is 49.3 Å². The van der Waals surface area contributed by atoms with Crippen LogP contribution in [0.2, 0.25) is 5.02 Å². The summed E-state index contributed by atoms with van der Waals surface area (Å²) in [7, 11) is -5.21. The fraction of sp³-hybridized carbons (Fsp3) is 0.533. The summed E-state index contributed by atoms with van der Waals surface area (Å²) in [5.74, 6) is -0.733. The molecule has 2 amide bonds. The van der Waals surface area contributed by atoms with Crippen LogP contribution in [0.25, 0.3) is 0 Å². The Morgan fingerprint density at radius 3 is 2.52 bits per heavy atom. The number of aromatic hydroxyl groups is 1. The van der Waals surface area contributed by atoms with E-state index in [1.165, 1.54) is 0 Å². The van der Waals surface area contributed by atoms with Crippen LogP contribution >= 0.6 is 11.6 Å². The van der Waals surface area contributed by atoms with Crippen molar-refractivity contribution < 1.29 is 27.1 Å². The first-order valence-electron chi connectivity index (χ1n) is 7.66. The first-order chi connectivity index (χ1) is 11.4. The number of phenolic OH excluding ortho intramolecular Hbond substituents is 1. The fourth-order valence-electron chi connectivity index (χ4n) is 2.77. The van der Waals surface area contributed by atoms with Crippen LogP contribution in [0.1, 0.15) is 33.1 Å². The molecule has 1 fully saturated rings. The van der Waals surface area contributed by atoms with Crippen LogP contribution in [-0.2, 0) is 9.84 Å². The zero-order valence-electron chi connectivity index (χ0n) is 13.6. The molecule has 25 heavy (non-hydrogen) atoms. The molecule has 3 N–H and O–H groups in total. The van der Waals surface area contributed by atoms with Crippen LogP contribution < -0.4 is 10.6 Å². The van der Waals surface area contributed by atoms with E-state index in [9.17, 15) is 27.1 Å². The molecule has 1 aliphatic rings. The van der Waals surface area contributed by atoms with Crippen LogP contribution in [0.3, 0.4) is 0 Å². The van der Waals surface area contributed by atoms with Crippen LogP contribution in [-0.4, -0.2) is 30.9 Å². The Kier molecular flexibility index (Phi) is 5.48. The number of benzene rings is 1. The average molecular weight is 397 g/mol. The molecule has 6 nitrogen and oxygen atoms in total. The quantitative estimate of drug-likeness (QED) is 0.675. The number of amides is 2. The van der Waals surface area contributed by atoms with Gasteiger partial charge in [-0.25, -0.2) is 13.2 Å². The van der Waals surface area contributed by atoms with Gasteiger partial charge in [-0.2, -0.15) is 8.78 Å². The number of alkyl halides is 2. The number of anilines is 1. The molecule has 0 heterocycles. The molecular formula is C15H19ClF2N2O4S. The second kappa shape index (κ2) is 6.95. The smallest absolute Gasteiger partial charge is 0.347 e. The molecule has 10 heteroatoms. The van der Waals surface area contributed by atoms with Crippen molar-refractivity contribution >= 4 is 33.2 Å². The summed E-state index contributed by atoms with van der Waals surface area (Å²) in [4.78, 5) is 10.9. The summed E-state index contributed by atoms with van der Waals surface area (Å²) < 4.78 is 50.7. The highest BCUT2D eigenvalue weighted by molar-refractivity contribution is 7.92. The number of halogens is 3. The zero-order valence-corrected chi connectivity index (χ0v) is 15.2. The van der Waals surface area contributed by atoms with Gasteiger partial charge in [0.05, 0.1) is 10.7 Å². The van der Waals surface area contributed by atoms with Crippen LogP contribution in [0.15, 0.2) is 17.0 Å². The molecule has 0 aliphatic heterocycles. The second-order valence-electron chi connectivity index (χ2n) is 6.20. The first kappa shape index (κ1) is 19.7. The van der Waals surface area contributed by atoms with Gasteiger partial charge in [0.15, 0.2) is 5.75 Å². The van der Waals surface area contributed by atoms with E-state index in [0.717, 1.165) is 31.4 Å². The van der Waals surface area contributed by atoms with Crippen molar-refractivity contribution in [3.8, 4) is 5.75 Å². The fourth-order valence-corrected chi connectivity index (χ4v) is 4.27. The highest BCUT2D eigenvalue weighted by atomic mass is 35.5. The molecule has 1 saturated carbocycles. The summed E-state index contributed by atoms with van der Waals surface area (Å²) >= 11 is 5.68. The maximum atomic E-state index is 13.4. The minimum Gasteiger partial charge on any atom is -0.504 e. The largest absolute Gasteiger partial charge is 0.504 e. The summed E-state index contributed by atoms with van der Waals surface area (Å²) in [6, 6.07) is 1.45. The predicted octanol–water partition coefficient (Wildman–Crippen LogP) is 3.74. The Bertz CT molecular complexity index is 780. The lowest BCUT2D eigenvalue weighted by Crippen LogP contribution is -2.39. The van der Waals surface area contributed by atoms with Crippen molar-refractivity contribution in [1.82, 2.24) is 5.32 Å². The summed E-state index contributed by atoms with van der Waals surface area (Å²) in [5.41, 5.74) is -0.324. The number of sulfone groups is 1. The van der Waals surface area contributed by atoms with Gasteiger partial charge in [0.25, 0.3) is 0 Å². The molecule has 1 aromatic rings. The molecule has 1 aliphatic carbocycles. The van der Waals surface area contributed by atoms with Crippen molar-refractivity contribution in [1.29, 1.82) is 0 Å². The van der Waals surface area contributed by atoms with E-state index in [-0.39, 0.29) is 18.7 Å². The van der Waals surface area contributed by atoms with Gasteiger partial charge in [-0.1, -0.05) is 24.9 Å². The highest BCUT2D eigenvalue weighted by Gasteiger charge is 2.44. The van der Waals surface area contributed by atoms with E-state index in [2.05, 4.69) is 10.6 Å². The summed E-state index contributed by atoms with van der Waals surface area (Å²) in [5, 5.41) is 10.4. The Hall–Kier alpha value is -1.61. The normalized spacial score (nSPS) is 21.2. The Morgan fingerprint density at radius 1 is 1.36 bits per heavy atom. The third-order valence-corrected chi connectivity index (χ3v) is 6.57. The summed E-state index contributed by atoms with van der Waals surface area (Å²) in [6.45, 7) is 2.18. The van der Waals surface area contributed by atoms with Gasteiger partial charge in [-0.05, 0) is 30.9 Å². The molecule has 1 aromatic carbocycles. The number of carbonyl (C=O) groups is 1. The molecule has 0 saturated heterocycles. The Balaban J connectivity index is 2.29. The molecule has 0 aromatic heterocycles. The maximum Gasteiger partial charge on any atom is 0.347 e. The van der Waals surface area contributed by atoms with E-state index in [1.54, 1.807) is 0 Å². The lowest BCUT2D eigenvalue weighted by molar-refractivity contribution is 0.114. The standard InChI is InChI=1S/C15H19ClF2N2O4S/c1-8-4-3-5-10(8)19-14(22)20-11-7-6-9(16)13(12(11)21)25(23,24)15(2,17)18/h6-8,10,21H,3-5H2,1-2H3,(H2,19,20,22)/t8?,10-/m1/s1. The van der Waals surface area contributed by atoms with E-state index >= 15 is 0 Å². The van der Waals surface area contributed by atoms with E-state index in [0.29, 0.717) is 5.92 Å². The molecule has 1 unspecified atom stereocenters. The lowest BCUT2D eigenvalue weighted by Gasteiger charge is -2.19. The number of phenols is 1. The van der Waals surface area contributed by atoms with E-state index in [1.807, 2.05) is 6.92 Å². The van der Waals surface area contributed by atoms with Crippen molar-refractivity contribution in [2.24, 2.45) is 5.92 Å². The number of carbonyl (C=O) groups excluding carboxylic acids is 1. The Labute approximate surface area is 149 Å². The Morgan fingerprint density at radius 2 is 2.00 bits per heavy atom. The third-order valence-electron chi connectivity index (χ3n) is 4.25. The molecule has 0 spiro atoms. The zero-order chi connectivity index (χ0) is 19.0. The van der Waals surface area contributed by atoms with Gasteiger partial charge in [0, 0.05) is 13.0 Å². The monoisotopic (exact) mass is 396 g/mol. The molecule has 2 atom stereocenters. The second-order valence-corrected chi connectivity index (χ2v) is 8.74. The summed E-state index contributed by atoms with van der Waals surface area (Å²) in [6.07, 6.45) is 2.76. The maximum absolute atomic E-state index is 13.4. The molecular weight excluding hydrogens is 378 g/mol. The van der Waals surface area contributed by atoms with Gasteiger partial charge >= 0.3 is 11.3 Å². The molecule has 0 bridgehead atoms. The predicted molar refractivity (Wildman–Crippen MR) is 89.9 cm³/mol. The minimum absolute atomic E-state index is 0.0439. The number of urea groups is 1. The number of rotatable bonds is 4. The van der Waals surface area contributed by atoms with Crippen molar-refractivity contribution in [3.63, 3.8) is 0 Å². The molecule has 140 valence electrons. The van der Waals surface area contributed by atoms with Crippen LogP contribution in [0, 0.1) is 5.92 Å². The van der Waals surface area contributed by atoms with Gasteiger partial charge in [-0.15, -0.1) is 0 Å². The van der Waals surface area contributed by atoms with Crippen molar-refractivity contribution in [3.05, 3.63) is 17.2 Å². The van der Waals surface area contributed by atoms with Gasteiger partial charge in [0.2, 0.25) is 9.84 Å². The van der Waals surface area contributed by atoms with Gasteiger partial charge < -0.3 is 15.7 Å². The van der Waals surface area contributed by atoms with Gasteiger partial charge in [-0.3, -0.25) is 0 Å². The topological polar surface area (TPSA) is 95.5 Å². The minimum atomic E-state index is -5.21. The number of hydrogen-bond donors (Lipinski definition) is 3. The molecule has 2 rings (SSSR count).